The van der Waals surface area contributed by atoms with Crippen molar-refractivity contribution >= 4 is 45.5 Å². The third-order valence-corrected chi connectivity index (χ3v) is 12.4. The van der Waals surface area contributed by atoms with Crippen molar-refractivity contribution in [2.75, 3.05) is 0 Å². The number of halogens is 1. The minimum Gasteiger partial charge on any atom is -0.350 e. The largest absolute Gasteiger partial charge is 0.350 e. The van der Waals surface area contributed by atoms with Crippen molar-refractivity contribution in [2.24, 2.45) is 4.40 Å². The fourth-order valence-electron chi connectivity index (χ4n) is 1.35. The van der Waals surface area contributed by atoms with Crippen molar-refractivity contribution in [3.05, 3.63) is 11.4 Å². The Morgan fingerprint density at radius 1 is 1.20 bits per heavy atom. The maximum atomic E-state index is 6.72. The minimum atomic E-state index is -1.41. The Kier molecular flexibility index (Phi) is 5.57. The van der Waals surface area contributed by atoms with Crippen LogP contribution in [-0.4, -0.2) is 25.4 Å². The molecule has 0 rings (SSSR count). The van der Waals surface area contributed by atoms with Crippen LogP contribution in [0.5, 0.6) is 0 Å². The molecule has 0 aliphatic heterocycles. The molecule has 0 aliphatic carbocycles. The van der Waals surface area contributed by atoms with E-state index in [1.807, 2.05) is 0 Å². The van der Waals surface area contributed by atoms with Crippen LogP contribution in [0.1, 0.15) is 0 Å². The molecule has 0 aromatic heterocycles. The highest BCUT2D eigenvalue weighted by molar-refractivity contribution is 7.98. The first-order chi connectivity index (χ1) is 6.59. The van der Waals surface area contributed by atoms with E-state index in [4.69, 9.17) is 18.2 Å². The van der Waals surface area contributed by atoms with Gasteiger partial charge in [0, 0.05) is 0 Å². The molecule has 0 fully saturated rings. The second-order valence-electron chi connectivity index (χ2n) is 5.19. The van der Waals surface area contributed by atoms with Gasteiger partial charge in [0.25, 0.3) is 0 Å². The van der Waals surface area contributed by atoms with Crippen molar-refractivity contribution in [3.63, 3.8) is 0 Å². The van der Waals surface area contributed by atoms with Crippen molar-refractivity contribution in [1.82, 2.24) is 3.64 Å². The Balaban J connectivity index is 4.80. The van der Waals surface area contributed by atoms with Crippen molar-refractivity contribution in [3.8, 4) is 0 Å². The van der Waals surface area contributed by atoms with Gasteiger partial charge in [0.1, 0.15) is 16.5 Å². The molecule has 0 spiro atoms. The molecule has 3 nitrogen and oxygen atoms in total. The zero-order valence-corrected chi connectivity index (χ0v) is 13.7. The van der Waals surface area contributed by atoms with Crippen LogP contribution < -0.4 is 0 Å². The topological polar surface area (TPSA) is 20.0 Å². The van der Waals surface area contributed by atoms with E-state index in [0.717, 1.165) is 0 Å². The van der Waals surface area contributed by atoms with Crippen LogP contribution in [0.2, 0.25) is 39.3 Å². The van der Waals surface area contributed by atoms with Crippen LogP contribution in [0.4, 0.5) is 0 Å². The summed E-state index contributed by atoms with van der Waals surface area (Å²) >= 11 is 6.96. The van der Waals surface area contributed by atoms with Crippen LogP contribution in [0.3, 0.4) is 0 Å². The van der Waals surface area contributed by atoms with Gasteiger partial charge in [0.2, 0.25) is 0 Å². The summed E-state index contributed by atoms with van der Waals surface area (Å²) in [5, 5.41) is 0.00139. The SMILES string of the molecule is [C-]#[N+]/C(Cl)=N\SN([Si](C)(C)C)[Si](C)(C)C. The standard InChI is InChI=1S/C8H18ClN3SSi2/c1-10-8(9)11-13-12(14(2,3)4)15(5,6)7/h2-7H3/b11-8-. The molecule has 0 amide bonds. The monoisotopic (exact) mass is 279 g/mol. The van der Waals surface area contributed by atoms with Crippen LogP contribution in [0.15, 0.2) is 4.40 Å². The molecule has 0 saturated heterocycles. The third kappa shape index (κ3) is 5.73. The zero-order valence-electron chi connectivity index (χ0n) is 10.1. The normalized spacial score (nSPS) is 14.2. The van der Waals surface area contributed by atoms with E-state index in [1.165, 1.54) is 12.1 Å². The number of nitrogens with zero attached hydrogens (tertiary/aromatic N) is 3. The van der Waals surface area contributed by atoms with Gasteiger partial charge >= 0.3 is 5.29 Å². The average molecular weight is 280 g/mol. The lowest BCUT2D eigenvalue weighted by molar-refractivity contribution is 1.000. The zero-order chi connectivity index (χ0) is 12.3. The Morgan fingerprint density at radius 3 is 1.87 bits per heavy atom. The Hall–Kier alpha value is 0.194. The smallest absolute Gasteiger partial charge is 0.350 e. The minimum absolute atomic E-state index is 0.00139. The summed E-state index contributed by atoms with van der Waals surface area (Å²) < 4.78 is 6.41. The first-order valence-electron chi connectivity index (χ1n) is 4.67. The molecule has 0 radical (unpaired) electrons. The van der Waals surface area contributed by atoms with Crippen LogP contribution in [0, 0.1) is 6.57 Å². The van der Waals surface area contributed by atoms with E-state index < -0.39 is 16.5 Å². The molecule has 15 heavy (non-hydrogen) atoms. The highest BCUT2D eigenvalue weighted by Gasteiger charge is 2.37. The van der Waals surface area contributed by atoms with Crippen molar-refractivity contribution in [2.45, 2.75) is 39.3 Å². The molecule has 0 aromatic rings. The van der Waals surface area contributed by atoms with E-state index in [-0.39, 0.29) is 5.29 Å². The van der Waals surface area contributed by atoms with Gasteiger partial charge in [-0.3, -0.25) is 3.64 Å². The van der Waals surface area contributed by atoms with Gasteiger partial charge in [0.05, 0.1) is 0 Å². The molecule has 0 heterocycles. The Morgan fingerprint density at radius 2 is 1.60 bits per heavy atom. The van der Waals surface area contributed by atoms with Gasteiger partial charge in [-0.25, -0.2) is 0 Å². The Labute approximate surface area is 104 Å². The summed E-state index contributed by atoms with van der Waals surface area (Å²) in [7, 11) is -2.82. The molecule has 7 heteroatoms. The molecule has 86 valence electrons. The quantitative estimate of drug-likeness (QED) is 0.193. The van der Waals surface area contributed by atoms with E-state index in [9.17, 15) is 0 Å². The third-order valence-electron chi connectivity index (χ3n) is 1.51. The fourth-order valence-corrected chi connectivity index (χ4v) is 11.9. The number of hydrogen-bond acceptors (Lipinski definition) is 3. The summed E-state index contributed by atoms with van der Waals surface area (Å²) in [4.78, 5) is 3.07. The number of rotatable bonds is 4. The predicted octanol–water partition coefficient (Wildman–Crippen LogP) is 4.04. The molecule has 0 bridgehead atoms. The highest BCUT2D eigenvalue weighted by atomic mass is 35.5. The molecule has 0 atom stereocenters. The first-order valence-corrected chi connectivity index (χ1v) is 12.7. The van der Waals surface area contributed by atoms with Crippen molar-refractivity contribution < 1.29 is 0 Å². The van der Waals surface area contributed by atoms with E-state index in [2.05, 4.69) is 52.2 Å². The molecular formula is C8H18ClN3SSi2. The van der Waals surface area contributed by atoms with E-state index in [0.29, 0.717) is 0 Å². The van der Waals surface area contributed by atoms with Crippen LogP contribution in [-0.2, 0) is 0 Å². The number of amidine groups is 1. The summed E-state index contributed by atoms with van der Waals surface area (Å²) in [5.41, 5.74) is 0. The van der Waals surface area contributed by atoms with Gasteiger partial charge in [-0.15, -0.1) is 0 Å². The summed E-state index contributed by atoms with van der Waals surface area (Å²) in [6.45, 7) is 20.4. The maximum absolute atomic E-state index is 6.72. The van der Waals surface area contributed by atoms with Crippen LogP contribution in [0.25, 0.3) is 4.85 Å². The second-order valence-corrected chi connectivity index (χ2v) is 16.9. The molecule has 0 N–H and O–H groups in total. The lowest BCUT2D eigenvalue weighted by Crippen LogP contribution is -2.54. The lowest BCUT2D eigenvalue weighted by atomic mass is 11.3. The van der Waals surface area contributed by atoms with Crippen LogP contribution >= 0.6 is 23.7 Å². The average Bonchev–Trinajstić information content (AvgIpc) is 1.99. The van der Waals surface area contributed by atoms with E-state index >= 15 is 0 Å². The second kappa shape index (κ2) is 5.50. The summed E-state index contributed by atoms with van der Waals surface area (Å²) in [5.74, 6) is 0. The van der Waals surface area contributed by atoms with Gasteiger partial charge in [-0.2, -0.15) is 0 Å². The molecule has 0 aliphatic rings. The first kappa shape index (κ1) is 15.2. The maximum Gasteiger partial charge on any atom is 0.350 e. The van der Waals surface area contributed by atoms with Gasteiger partial charge in [0.15, 0.2) is 12.1 Å². The van der Waals surface area contributed by atoms with Gasteiger partial charge < -0.3 is 4.85 Å². The van der Waals surface area contributed by atoms with E-state index in [1.54, 1.807) is 0 Å². The summed E-state index contributed by atoms with van der Waals surface area (Å²) in [6, 6.07) is 0. The molecule has 0 aromatic carbocycles. The lowest BCUT2D eigenvalue weighted by Gasteiger charge is -2.38. The Bertz CT molecular complexity index is 274. The molecule has 0 saturated carbocycles. The van der Waals surface area contributed by atoms with Crippen molar-refractivity contribution in [1.29, 1.82) is 0 Å². The highest BCUT2D eigenvalue weighted by Crippen LogP contribution is 2.29. The number of hydrogen-bond donors (Lipinski definition) is 0. The molecule has 0 unspecified atom stereocenters. The molecular weight excluding hydrogens is 262 g/mol. The predicted molar refractivity (Wildman–Crippen MR) is 76.0 cm³/mol. The summed E-state index contributed by atoms with van der Waals surface area (Å²) in [6.07, 6.45) is 0. The fraction of sp³-hybridized carbons (Fsp3) is 0.750. The van der Waals surface area contributed by atoms with Gasteiger partial charge in [-0.05, 0) is 0 Å². The van der Waals surface area contributed by atoms with Gasteiger partial charge in [-0.1, -0.05) is 61.9 Å².